The number of cyclic esters (lactones) is 1. The number of carbonyl (C=O) groups is 2. The molecular weight excluding hydrogens is 463 g/mol. The first-order valence-corrected chi connectivity index (χ1v) is 13.3. The summed E-state index contributed by atoms with van der Waals surface area (Å²) in [5.41, 5.74) is 1.07. The standard InChI is InChI=1S/C23H27FN4O5S/c1-34(31,32)28-11-9-27(10-12-28)21(29)18-15-25-19-3-2-16(24)14-17(19)20(18)26-7-4-23(5-8-26)6-13-33-22(23)30/h2-3,14-15H,4-13H2,1H3. The lowest BCUT2D eigenvalue weighted by Gasteiger charge is -2.39. The van der Waals surface area contributed by atoms with Crippen molar-refractivity contribution in [2.75, 3.05) is 57.0 Å². The van der Waals surface area contributed by atoms with Gasteiger partial charge < -0.3 is 14.5 Å². The Morgan fingerprint density at radius 2 is 1.79 bits per heavy atom. The number of benzene rings is 1. The summed E-state index contributed by atoms with van der Waals surface area (Å²) in [6, 6.07) is 4.32. The smallest absolute Gasteiger partial charge is 0.312 e. The first kappa shape index (κ1) is 23.0. The number of piperazine rings is 1. The number of esters is 1. The van der Waals surface area contributed by atoms with Gasteiger partial charge in [-0.05, 0) is 37.5 Å². The predicted molar refractivity (Wildman–Crippen MR) is 123 cm³/mol. The maximum Gasteiger partial charge on any atom is 0.312 e. The highest BCUT2D eigenvalue weighted by Gasteiger charge is 2.47. The van der Waals surface area contributed by atoms with E-state index in [9.17, 15) is 22.4 Å². The number of anilines is 1. The molecule has 1 aromatic carbocycles. The van der Waals surface area contributed by atoms with E-state index in [-0.39, 0.29) is 38.1 Å². The van der Waals surface area contributed by atoms with E-state index in [2.05, 4.69) is 4.98 Å². The summed E-state index contributed by atoms with van der Waals surface area (Å²) in [6.07, 6.45) is 4.59. The highest BCUT2D eigenvalue weighted by Crippen LogP contribution is 2.43. The summed E-state index contributed by atoms with van der Waals surface area (Å²) in [6.45, 7) is 2.49. The van der Waals surface area contributed by atoms with Gasteiger partial charge in [0.2, 0.25) is 10.0 Å². The highest BCUT2D eigenvalue weighted by atomic mass is 32.2. The van der Waals surface area contributed by atoms with E-state index in [1.54, 1.807) is 11.0 Å². The third-order valence-corrected chi connectivity index (χ3v) is 8.61. The molecule has 5 rings (SSSR count). The molecular formula is C23H27FN4O5S. The first-order chi connectivity index (χ1) is 16.2. The SMILES string of the molecule is CS(=O)(=O)N1CCN(C(=O)c2cnc3ccc(F)cc3c2N2CCC3(CCOC3=O)CC2)CC1. The fourth-order valence-electron chi connectivity index (χ4n) is 5.25. The van der Waals surface area contributed by atoms with Crippen molar-refractivity contribution >= 4 is 38.5 Å². The van der Waals surface area contributed by atoms with E-state index in [0.717, 1.165) is 6.26 Å². The van der Waals surface area contributed by atoms with Crippen molar-refractivity contribution in [3.05, 3.63) is 35.8 Å². The number of halogens is 1. The summed E-state index contributed by atoms with van der Waals surface area (Å²) < 4.78 is 44.5. The molecule has 11 heteroatoms. The highest BCUT2D eigenvalue weighted by molar-refractivity contribution is 7.88. The van der Waals surface area contributed by atoms with E-state index in [0.29, 0.717) is 61.1 Å². The molecule has 0 atom stereocenters. The van der Waals surface area contributed by atoms with Gasteiger partial charge >= 0.3 is 5.97 Å². The molecule has 34 heavy (non-hydrogen) atoms. The summed E-state index contributed by atoms with van der Waals surface area (Å²) in [7, 11) is -3.32. The Balaban J connectivity index is 1.47. The number of hydrogen-bond acceptors (Lipinski definition) is 7. The average Bonchev–Trinajstić information content (AvgIpc) is 3.17. The maximum absolute atomic E-state index is 14.3. The van der Waals surface area contributed by atoms with E-state index in [4.69, 9.17) is 4.74 Å². The number of hydrogen-bond donors (Lipinski definition) is 0. The van der Waals surface area contributed by atoms with Crippen LogP contribution in [0.2, 0.25) is 0 Å². The normalized spacial score (nSPS) is 21.3. The zero-order chi connectivity index (χ0) is 24.1. The van der Waals surface area contributed by atoms with E-state index in [1.807, 2.05) is 4.90 Å². The molecule has 3 aliphatic heterocycles. The number of carbonyl (C=O) groups excluding carboxylic acids is 2. The molecule has 3 aliphatic rings. The lowest BCUT2D eigenvalue weighted by atomic mass is 9.77. The van der Waals surface area contributed by atoms with Crippen LogP contribution in [0.3, 0.4) is 0 Å². The number of aromatic nitrogens is 1. The molecule has 1 spiro atoms. The molecule has 3 fully saturated rings. The quantitative estimate of drug-likeness (QED) is 0.603. The zero-order valence-corrected chi connectivity index (χ0v) is 19.8. The van der Waals surface area contributed by atoms with Crippen LogP contribution in [0, 0.1) is 11.2 Å². The number of rotatable bonds is 3. The van der Waals surface area contributed by atoms with Crippen LogP contribution in [0.4, 0.5) is 10.1 Å². The fourth-order valence-corrected chi connectivity index (χ4v) is 6.07. The lowest BCUT2D eigenvalue weighted by molar-refractivity contribution is -0.147. The molecule has 0 saturated carbocycles. The van der Waals surface area contributed by atoms with Gasteiger partial charge in [-0.25, -0.2) is 12.8 Å². The second kappa shape index (κ2) is 8.46. The van der Waals surface area contributed by atoms with Gasteiger partial charge in [0.05, 0.1) is 35.0 Å². The van der Waals surface area contributed by atoms with Crippen LogP contribution in [-0.2, 0) is 19.6 Å². The molecule has 0 unspecified atom stereocenters. The van der Waals surface area contributed by atoms with Crippen molar-refractivity contribution in [1.82, 2.24) is 14.2 Å². The molecule has 0 aliphatic carbocycles. The molecule has 9 nitrogen and oxygen atoms in total. The first-order valence-electron chi connectivity index (χ1n) is 11.4. The van der Waals surface area contributed by atoms with Gasteiger partial charge in [0, 0.05) is 50.9 Å². The van der Waals surface area contributed by atoms with E-state index in [1.165, 1.54) is 22.6 Å². The number of nitrogens with zero attached hydrogens (tertiary/aromatic N) is 4. The molecule has 3 saturated heterocycles. The second-order valence-electron chi connectivity index (χ2n) is 9.29. The number of ether oxygens (including phenoxy) is 1. The van der Waals surface area contributed by atoms with Crippen LogP contribution < -0.4 is 4.90 Å². The maximum atomic E-state index is 14.3. The van der Waals surface area contributed by atoms with E-state index < -0.39 is 21.3 Å². The molecule has 0 bridgehead atoms. The third-order valence-electron chi connectivity index (χ3n) is 7.31. The molecule has 2 aromatic rings. The summed E-state index contributed by atoms with van der Waals surface area (Å²) in [5.74, 6) is -0.838. The Morgan fingerprint density at radius 3 is 2.41 bits per heavy atom. The van der Waals surface area contributed by atoms with Crippen LogP contribution in [0.1, 0.15) is 29.6 Å². The number of sulfonamides is 1. The van der Waals surface area contributed by atoms with Crippen LogP contribution in [0.25, 0.3) is 10.9 Å². The van der Waals surface area contributed by atoms with Crippen molar-refractivity contribution in [1.29, 1.82) is 0 Å². The van der Waals surface area contributed by atoms with Crippen molar-refractivity contribution < 1.29 is 27.1 Å². The molecule has 182 valence electrons. The Labute approximate surface area is 197 Å². The van der Waals surface area contributed by atoms with Gasteiger partial charge in [0.1, 0.15) is 5.82 Å². The predicted octanol–water partition coefficient (Wildman–Crippen LogP) is 1.62. The third kappa shape index (κ3) is 4.00. The van der Waals surface area contributed by atoms with E-state index >= 15 is 0 Å². The van der Waals surface area contributed by atoms with Crippen molar-refractivity contribution in [2.24, 2.45) is 5.41 Å². The van der Waals surface area contributed by atoms with Crippen molar-refractivity contribution in [3.63, 3.8) is 0 Å². The molecule has 1 amide bonds. The number of pyridine rings is 1. The van der Waals surface area contributed by atoms with Gasteiger partial charge in [-0.3, -0.25) is 14.6 Å². The topological polar surface area (TPSA) is 100 Å². The largest absolute Gasteiger partial charge is 0.465 e. The Morgan fingerprint density at radius 1 is 1.09 bits per heavy atom. The Hall–Kier alpha value is -2.79. The monoisotopic (exact) mass is 490 g/mol. The average molecular weight is 491 g/mol. The van der Waals surface area contributed by atoms with Crippen LogP contribution >= 0.6 is 0 Å². The van der Waals surface area contributed by atoms with Crippen LogP contribution in [0.5, 0.6) is 0 Å². The van der Waals surface area contributed by atoms with Crippen molar-refractivity contribution in [3.8, 4) is 0 Å². The number of piperidine rings is 1. The lowest BCUT2D eigenvalue weighted by Crippen LogP contribution is -2.50. The Bertz CT molecular complexity index is 1250. The minimum Gasteiger partial charge on any atom is -0.465 e. The van der Waals surface area contributed by atoms with Gasteiger partial charge in [-0.1, -0.05) is 0 Å². The molecule has 0 radical (unpaired) electrons. The molecule has 4 heterocycles. The van der Waals surface area contributed by atoms with Gasteiger partial charge in [-0.2, -0.15) is 4.31 Å². The summed E-state index contributed by atoms with van der Waals surface area (Å²) in [5, 5.41) is 0.547. The van der Waals surface area contributed by atoms with Gasteiger partial charge in [0.25, 0.3) is 5.91 Å². The zero-order valence-electron chi connectivity index (χ0n) is 19.0. The van der Waals surface area contributed by atoms with Crippen LogP contribution in [-0.4, -0.2) is 86.6 Å². The Kier molecular flexibility index (Phi) is 5.71. The van der Waals surface area contributed by atoms with Crippen molar-refractivity contribution in [2.45, 2.75) is 19.3 Å². The second-order valence-corrected chi connectivity index (χ2v) is 11.3. The van der Waals surface area contributed by atoms with Gasteiger partial charge in [0.15, 0.2) is 0 Å². The van der Waals surface area contributed by atoms with Crippen LogP contribution in [0.15, 0.2) is 24.4 Å². The minimum absolute atomic E-state index is 0.155. The number of fused-ring (bicyclic) bond motifs is 1. The fraction of sp³-hybridized carbons (Fsp3) is 0.522. The number of amides is 1. The van der Waals surface area contributed by atoms with Gasteiger partial charge in [-0.15, -0.1) is 0 Å². The summed E-state index contributed by atoms with van der Waals surface area (Å²) >= 11 is 0. The minimum atomic E-state index is -3.32. The molecule has 1 aromatic heterocycles. The molecule has 0 N–H and O–H groups in total. The summed E-state index contributed by atoms with van der Waals surface area (Å²) in [4.78, 5) is 34.0.